The van der Waals surface area contributed by atoms with Crippen molar-refractivity contribution in [2.45, 2.75) is 53.4 Å². The molecule has 3 rings (SSSR count). The van der Waals surface area contributed by atoms with Gasteiger partial charge in [0.25, 0.3) is 0 Å². The molecule has 1 atom stereocenters. The number of aryl methyl sites for hydroxylation is 4. The van der Waals surface area contributed by atoms with Crippen molar-refractivity contribution in [3.8, 4) is 11.1 Å². The van der Waals surface area contributed by atoms with Gasteiger partial charge in [-0.3, -0.25) is 4.68 Å². The third-order valence-corrected chi connectivity index (χ3v) is 5.23. The van der Waals surface area contributed by atoms with Crippen LogP contribution in [0.2, 0.25) is 0 Å². The van der Waals surface area contributed by atoms with E-state index in [0.717, 1.165) is 18.4 Å². The van der Waals surface area contributed by atoms with Crippen molar-refractivity contribution in [1.29, 1.82) is 0 Å². The summed E-state index contributed by atoms with van der Waals surface area (Å²) in [6, 6.07) is 11.2. The lowest BCUT2D eigenvalue weighted by Crippen LogP contribution is -2.04. The Morgan fingerprint density at radius 3 is 2.37 bits per heavy atom. The summed E-state index contributed by atoms with van der Waals surface area (Å²) < 4.78 is 2.09. The zero-order valence-corrected chi connectivity index (χ0v) is 18.2. The summed E-state index contributed by atoms with van der Waals surface area (Å²) in [5.41, 5.74) is 8.96. The Morgan fingerprint density at radius 2 is 1.78 bits per heavy atom. The zero-order chi connectivity index (χ0) is 18.8. The van der Waals surface area contributed by atoms with Gasteiger partial charge in [-0.15, -0.1) is 12.4 Å². The van der Waals surface area contributed by atoms with Crippen LogP contribution in [0.5, 0.6) is 0 Å². The SMILES string of the molecule is CC=CC(CCC)c1c2cccc(-c3c(C)cc(C)cc3C)c2nn1C.Cl. The highest BCUT2D eigenvalue weighted by Crippen LogP contribution is 2.37. The molecule has 0 saturated carbocycles. The van der Waals surface area contributed by atoms with Crippen LogP contribution in [0, 0.1) is 20.8 Å². The van der Waals surface area contributed by atoms with E-state index in [2.05, 4.69) is 88.8 Å². The van der Waals surface area contributed by atoms with E-state index in [1.54, 1.807) is 0 Å². The predicted molar refractivity (Wildman–Crippen MR) is 120 cm³/mol. The topological polar surface area (TPSA) is 17.8 Å². The summed E-state index contributed by atoms with van der Waals surface area (Å²) in [7, 11) is 2.08. The molecule has 0 fully saturated rings. The van der Waals surface area contributed by atoms with Crippen molar-refractivity contribution < 1.29 is 0 Å². The minimum atomic E-state index is 0. The molecular formula is C24H31ClN2. The average molecular weight is 383 g/mol. The quantitative estimate of drug-likeness (QED) is 0.432. The fourth-order valence-corrected chi connectivity index (χ4v) is 4.35. The predicted octanol–water partition coefficient (Wildman–Crippen LogP) is 7.05. The number of halogens is 1. The van der Waals surface area contributed by atoms with E-state index in [4.69, 9.17) is 5.10 Å². The number of hydrogen-bond donors (Lipinski definition) is 0. The highest BCUT2D eigenvalue weighted by atomic mass is 35.5. The number of fused-ring (bicyclic) bond motifs is 1. The lowest BCUT2D eigenvalue weighted by atomic mass is 9.91. The summed E-state index contributed by atoms with van der Waals surface area (Å²) in [4.78, 5) is 0. The summed E-state index contributed by atoms with van der Waals surface area (Å²) in [6.07, 6.45) is 6.79. The first-order chi connectivity index (χ1) is 12.5. The molecule has 1 aromatic heterocycles. The number of hydrogen-bond acceptors (Lipinski definition) is 1. The van der Waals surface area contributed by atoms with E-state index >= 15 is 0 Å². The standard InChI is InChI=1S/C24H30N2.ClH/c1-7-10-19(11-8-2)24-21-13-9-12-20(23(21)25-26(24)6)22-17(4)14-16(3)15-18(22)5;/h7,9-10,12-15,19H,8,11H2,1-6H3;1H. The van der Waals surface area contributed by atoms with Crippen LogP contribution in [-0.4, -0.2) is 9.78 Å². The molecule has 3 aromatic rings. The van der Waals surface area contributed by atoms with Gasteiger partial charge in [0.05, 0.1) is 5.69 Å². The van der Waals surface area contributed by atoms with Gasteiger partial charge in [-0.25, -0.2) is 0 Å². The van der Waals surface area contributed by atoms with E-state index in [1.165, 1.54) is 38.9 Å². The van der Waals surface area contributed by atoms with Crippen molar-refractivity contribution in [1.82, 2.24) is 9.78 Å². The maximum Gasteiger partial charge on any atom is 0.100 e. The van der Waals surface area contributed by atoms with E-state index in [0.29, 0.717) is 5.92 Å². The van der Waals surface area contributed by atoms with Crippen LogP contribution in [0.1, 0.15) is 55.0 Å². The van der Waals surface area contributed by atoms with Crippen LogP contribution in [0.15, 0.2) is 42.5 Å². The lowest BCUT2D eigenvalue weighted by molar-refractivity contribution is 0.635. The van der Waals surface area contributed by atoms with Crippen molar-refractivity contribution in [3.63, 3.8) is 0 Å². The molecule has 0 amide bonds. The first-order valence-electron chi connectivity index (χ1n) is 9.64. The second-order valence-corrected chi connectivity index (χ2v) is 7.41. The highest BCUT2D eigenvalue weighted by Gasteiger charge is 2.20. The largest absolute Gasteiger partial charge is 0.271 e. The van der Waals surface area contributed by atoms with Gasteiger partial charge in [0.15, 0.2) is 0 Å². The number of allylic oxidation sites excluding steroid dienone is 2. The summed E-state index contributed by atoms with van der Waals surface area (Å²) in [5, 5.41) is 6.24. The zero-order valence-electron chi connectivity index (χ0n) is 17.3. The van der Waals surface area contributed by atoms with Gasteiger partial charge in [-0.1, -0.05) is 61.4 Å². The smallest absolute Gasteiger partial charge is 0.100 e. The second kappa shape index (κ2) is 8.75. The molecule has 0 aliphatic heterocycles. The molecule has 0 radical (unpaired) electrons. The van der Waals surface area contributed by atoms with Crippen LogP contribution in [0.4, 0.5) is 0 Å². The monoisotopic (exact) mass is 382 g/mol. The van der Waals surface area contributed by atoms with E-state index in [9.17, 15) is 0 Å². The molecule has 0 aliphatic rings. The molecule has 27 heavy (non-hydrogen) atoms. The van der Waals surface area contributed by atoms with Crippen LogP contribution in [-0.2, 0) is 7.05 Å². The molecule has 1 heterocycles. The molecule has 0 saturated heterocycles. The van der Waals surface area contributed by atoms with Crippen LogP contribution >= 0.6 is 12.4 Å². The van der Waals surface area contributed by atoms with Crippen molar-refractivity contribution >= 4 is 23.3 Å². The second-order valence-electron chi connectivity index (χ2n) is 7.41. The fraction of sp³-hybridized carbons (Fsp3) is 0.375. The first kappa shape index (κ1) is 21.2. The lowest BCUT2D eigenvalue weighted by Gasteiger charge is -2.14. The Hall–Kier alpha value is -2.06. The van der Waals surface area contributed by atoms with Crippen molar-refractivity contribution in [2.24, 2.45) is 7.05 Å². The van der Waals surface area contributed by atoms with Gasteiger partial charge < -0.3 is 0 Å². The normalized spacial score (nSPS) is 12.5. The molecule has 2 aromatic carbocycles. The Labute approximate surface area is 169 Å². The number of rotatable bonds is 5. The number of aromatic nitrogens is 2. The number of nitrogens with zero attached hydrogens (tertiary/aromatic N) is 2. The van der Waals surface area contributed by atoms with Gasteiger partial charge in [-0.2, -0.15) is 5.10 Å². The maximum atomic E-state index is 4.96. The van der Waals surface area contributed by atoms with Crippen LogP contribution in [0.3, 0.4) is 0 Å². The minimum absolute atomic E-state index is 0. The van der Waals surface area contributed by atoms with Gasteiger partial charge in [-0.05, 0) is 50.8 Å². The molecule has 0 aliphatic carbocycles. The van der Waals surface area contributed by atoms with Crippen molar-refractivity contribution in [2.75, 3.05) is 0 Å². The van der Waals surface area contributed by atoms with Gasteiger partial charge in [0.1, 0.15) is 5.52 Å². The molecule has 144 valence electrons. The third kappa shape index (κ3) is 3.96. The number of benzene rings is 2. The Bertz CT molecular complexity index is 943. The Morgan fingerprint density at radius 1 is 1.11 bits per heavy atom. The van der Waals surface area contributed by atoms with Crippen LogP contribution in [0.25, 0.3) is 22.0 Å². The molecule has 1 unspecified atom stereocenters. The summed E-state index contributed by atoms with van der Waals surface area (Å²) >= 11 is 0. The van der Waals surface area contributed by atoms with E-state index in [-0.39, 0.29) is 12.4 Å². The highest BCUT2D eigenvalue weighted by molar-refractivity contribution is 5.97. The van der Waals surface area contributed by atoms with Crippen molar-refractivity contribution in [3.05, 3.63) is 64.9 Å². The minimum Gasteiger partial charge on any atom is -0.271 e. The fourth-order valence-electron chi connectivity index (χ4n) is 4.35. The van der Waals surface area contributed by atoms with Crippen LogP contribution < -0.4 is 0 Å². The molecular weight excluding hydrogens is 352 g/mol. The molecule has 0 bridgehead atoms. The average Bonchev–Trinajstić information content (AvgIpc) is 2.90. The third-order valence-electron chi connectivity index (χ3n) is 5.23. The van der Waals surface area contributed by atoms with E-state index in [1.807, 2.05) is 0 Å². The first-order valence-corrected chi connectivity index (χ1v) is 9.64. The molecule has 0 N–H and O–H groups in total. The Balaban J connectivity index is 0.00000261. The van der Waals surface area contributed by atoms with Gasteiger partial charge >= 0.3 is 0 Å². The van der Waals surface area contributed by atoms with Gasteiger partial charge in [0, 0.05) is 23.9 Å². The molecule has 2 nitrogen and oxygen atoms in total. The Kier molecular flexibility index (Phi) is 6.89. The molecule has 0 spiro atoms. The maximum absolute atomic E-state index is 4.96. The molecule has 3 heteroatoms. The van der Waals surface area contributed by atoms with Gasteiger partial charge in [0.2, 0.25) is 0 Å². The summed E-state index contributed by atoms with van der Waals surface area (Å²) in [6.45, 7) is 10.9. The summed E-state index contributed by atoms with van der Waals surface area (Å²) in [5.74, 6) is 0.412. The van der Waals surface area contributed by atoms with E-state index < -0.39 is 0 Å².